The molecule has 0 unspecified atom stereocenters. The van der Waals surface area contributed by atoms with E-state index in [4.69, 9.17) is 0 Å². The summed E-state index contributed by atoms with van der Waals surface area (Å²) >= 11 is 0. The van der Waals surface area contributed by atoms with Gasteiger partial charge in [0.15, 0.2) is 5.82 Å². The van der Waals surface area contributed by atoms with Crippen LogP contribution in [0, 0.1) is 0 Å². The second-order valence-corrected chi connectivity index (χ2v) is 5.13. The summed E-state index contributed by atoms with van der Waals surface area (Å²) < 4.78 is 0. The molecule has 1 aliphatic rings. The summed E-state index contributed by atoms with van der Waals surface area (Å²) in [4.78, 5) is 21.3. The van der Waals surface area contributed by atoms with Crippen molar-refractivity contribution in [1.29, 1.82) is 0 Å². The standard InChI is InChI=1S/C17H13N3O2/c21-15-13-8-4-5-9-14(13)17(22,16-18-10-11-19-16)20(15)12-6-2-1-3-7-12/h1-11,22H,(H,18,19)/t17-/m1/s1. The first-order valence-corrected chi connectivity index (χ1v) is 6.94. The van der Waals surface area contributed by atoms with E-state index in [1.54, 1.807) is 48.8 Å². The van der Waals surface area contributed by atoms with Gasteiger partial charge in [-0.05, 0) is 18.2 Å². The molecule has 4 rings (SSSR count). The van der Waals surface area contributed by atoms with Crippen molar-refractivity contribution in [1.82, 2.24) is 9.97 Å². The monoisotopic (exact) mass is 291 g/mol. The van der Waals surface area contributed by atoms with Crippen LogP contribution in [-0.2, 0) is 5.72 Å². The van der Waals surface area contributed by atoms with Crippen molar-refractivity contribution in [2.24, 2.45) is 0 Å². The lowest BCUT2D eigenvalue weighted by Crippen LogP contribution is -2.45. The third-order valence-corrected chi connectivity index (χ3v) is 3.90. The summed E-state index contributed by atoms with van der Waals surface area (Å²) in [7, 11) is 0. The van der Waals surface area contributed by atoms with Gasteiger partial charge in [0, 0.05) is 29.2 Å². The molecular weight excluding hydrogens is 278 g/mol. The molecule has 3 aromatic rings. The molecule has 0 saturated heterocycles. The molecule has 5 heteroatoms. The Balaban J connectivity index is 2.00. The second kappa shape index (κ2) is 4.54. The van der Waals surface area contributed by atoms with Crippen molar-refractivity contribution in [2.45, 2.75) is 5.72 Å². The number of benzene rings is 2. The third-order valence-electron chi connectivity index (χ3n) is 3.90. The van der Waals surface area contributed by atoms with Crippen molar-refractivity contribution < 1.29 is 9.90 Å². The zero-order chi connectivity index (χ0) is 15.2. The van der Waals surface area contributed by atoms with E-state index in [-0.39, 0.29) is 5.91 Å². The van der Waals surface area contributed by atoms with Crippen molar-refractivity contribution in [3.8, 4) is 0 Å². The number of aromatic nitrogens is 2. The lowest BCUT2D eigenvalue weighted by molar-refractivity contribution is 0.0653. The van der Waals surface area contributed by atoms with Crippen LogP contribution >= 0.6 is 0 Å². The molecule has 1 aromatic heterocycles. The van der Waals surface area contributed by atoms with Gasteiger partial charge < -0.3 is 10.1 Å². The van der Waals surface area contributed by atoms with Crippen molar-refractivity contribution in [2.75, 3.05) is 4.90 Å². The summed E-state index contributed by atoms with van der Waals surface area (Å²) in [5.41, 5.74) is -0.0231. The van der Waals surface area contributed by atoms with Crippen LogP contribution in [0.3, 0.4) is 0 Å². The number of H-pyrrole nitrogens is 1. The number of rotatable bonds is 2. The van der Waals surface area contributed by atoms with Crippen LogP contribution in [0.1, 0.15) is 21.7 Å². The van der Waals surface area contributed by atoms with Crippen LogP contribution in [0.15, 0.2) is 67.0 Å². The van der Waals surface area contributed by atoms with Gasteiger partial charge in [-0.2, -0.15) is 0 Å². The zero-order valence-corrected chi connectivity index (χ0v) is 11.6. The summed E-state index contributed by atoms with van der Waals surface area (Å²) in [6, 6.07) is 16.1. The van der Waals surface area contributed by atoms with Gasteiger partial charge >= 0.3 is 0 Å². The number of fused-ring (bicyclic) bond motifs is 1. The topological polar surface area (TPSA) is 69.2 Å². The fourth-order valence-electron chi connectivity index (χ4n) is 2.93. The molecule has 0 spiro atoms. The Morgan fingerprint density at radius 1 is 1.05 bits per heavy atom. The van der Waals surface area contributed by atoms with Crippen LogP contribution in [0.4, 0.5) is 5.69 Å². The molecule has 2 aromatic carbocycles. The van der Waals surface area contributed by atoms with Crippen LogP contribution in [0.5, 0.6) is 0 Å². The predicted octanol–water partition coefficient (Wildman–Crippen LogP) is 2.26. The largest absolute Gasteiger partial charge is 0.360 e. The molecule has 108 valence electrons. The number of carbonyl (C=O) groups is 1. The third kappa shape index (κ3) is 1.57. The second-order valence-electron chi connectivity index (χ2n) is 5.13. The first-order chi connectivity index (χ1) is 10.7. The molecule has 2 N–H and O–H groups in total. The minimum absolute atomic E-state index is 0.249. The Morgan fingerprint density at radius 3 is 2.50 bits per heavy atom. The Labute approximate surface area is 126 Å². The number of anilines is 1. The van der Waals surface area contributed by atoms with Gasteiger partial charge in [0.2, 0.25) is 5.72 Å². The number of para-hydroxylation sites is 1. The fraction of sp³-hybridized carbons (Fsp3) is 0.0588. The van der Waals surface area contributed by atoms with Crippen molar-refractivity contribution in [3.63, 3.8) is 0 Å². The SMILES string of the molecule is O=C1c2ccccc2[C@@](O)(c2ncc[nH]2)N1c1ccccc1. The van der Waals surface area contributed by atoms with Crippen molar-refractivity contribution in [3.05, 3.63) is 83.9 Å². The Kier molecular flexibility index (Phi) is 2.64. The van der Waals surface area contributed by atoms with Gasteiger partial charge in [0.1, 0.15) is 0 Å². The van der Waals surface area contributed by atoms with Gasteiger partial charge in [-0.1, -0.05) is 36.4 Å². The van der Waals surface area contributed by atoms with E-state index in [9.17, 15) is 9.90 Å². The molecule has 1 atom stereocenters. The summed E-state index contributed by atoms with van der Waals surface area (Å²) in [5, 5.41) is 11.4. The van der Waals surface area contributed by atoms with Crippen molar-refractivity contribution >= 4 is 11.6 Å². The molecule has 22 heavy (non-hydrogen) atoms. The predicted molar refractivity (Wildman–Crippen MR) is 81.3 cm³/mol. The summed E-state index contributed by atoms with van der Waals surface area (Å²) in [6.45, 7) is 0. The molecule has 2 heterocycles. The normalized spacial score (nSPS) is 20.2. The highest BCUT2D eigenvalue weighted by Gasteiger charge is 2.52. The molecule has 0 fully saturated rings. The van der Waals surface area contributed by atoms with E-state index in [2.05, 4.69) is 9.97 Å². The number of carbonyl (C=O) groups excluding carboxylic acids is 1. The number of amides is 1. The smallest absolute Gasteiger partial charge is 0.261 e. The van der Waals surface area contributed by atoms with E-state index in [0.29, 0.717) is 22.6 Å². The molecule has 0 bridgehead atoms. The van der Waals surface area contributed by atoms with Gasteiger partial charge in [-0.3, -0.25) is 9.69 Å². The molecule has 0 saturated carbocycles. The highest BCUT2D eigenvalue weighted by molar-refractivity contribution is 6.12. The maximum absolute atomic E-state index is 12.8. The molecule has 0 radical (unpaired) electrons. The number of nitrogens with one attached hydrogen (secondary N) is 1. The molecule has 1 amide bonds. The van der Waals surface area contributed by atoms with E-state index < -0.39 is 5.72 Å². The molecule has 1 aliphatic heterocycles. The average Bonchev–Trinajstić information content (AvgIpc) is 3.17. The summed E-state index contributed by atoms with van der Waals surface area (Å²) in [5.74, 6) is 0.0651. The lowest BCUT2D eigenvalue weighted by Gasteiger charge is -2.32. The lowest BCUT2D eigenvalue weighted by atomic mass is 10.0. The zero-order valence-electron chi connectivity index (χ0n) is 11.6. The minimum Gasteiger partial charge on any atom is -0.360 e. The fourth-order valence-corrected chi connectivity index (χ4v) is 2.93. The average molecular weight is 291 g/mol. The first kappa shape index (κ1) is 12.8. The number of hydrogen-bond donors (Lipinski definition) is 2. The molecule has 0 aliphatic carbocycles. The van der Waals surface area contributed by atoms with Crippen LogP contribution in [0.2, 0.25) is 0 Å². The Hall–Kier alpha value is -2.92. The van der Waals surface area contributed by atoms with E-state index >= 15 is 0 Å². The Bertz CT molecular complexity index is 830. The number of imidazole rings is 1. The van der Waals surface area contributed by atoms with Gasteiger partial charge in [0.25, 0.3) is 5.91 Å². The van der Waals surface area contributed by atoms with Crippen LogP contribution in [-0.4, -0.2) is 21.0 Å². The maximum atomic E-state index is 12.8. The number of nitrogens with zero attached hydrogens (tertiary/aromatic N) is 2. The van der Waals surface area contributed by atoms with Crippen LogP contribution in [0.25, 0.3) is 0 Å². The molecular formula is C17H13N3O2. The highest BCUT2D eigenvalue weighted by Crippen LogP contribution is 2.43. The van der Waals surface area contributed by atoms with E-state index in [1.165, 1.54) is 4.90 Å². The summed E-state index contributed by atoms with van der Waals surface area (Å²) in [6.07, 6.45) is 3.18. The van der Waals surface area contributed by atoms with E-state index in [0.717, 1.165) is 0 Å². The highest BCUT2D eigenvalue weighted by atomic mass is 16.3. The number of aromatic amines is 1. The quantitative estimate of drug-likeness (QED) is 0.761. The van der Waals surface area contributed by atoms with E-state index in [1.807, 2.05) is 18.2 Å². The van der Waals surface area contributed by atoms with Crippen LogP contribution < -0.4 is 4.90 Å². The molecule has 5 nitrogen and oxygen atoms in total. The first-order valence-electron chi connectivity index (χ1n) is 6.94. The van der Waals surface area contributed by atoms with Gasteiger partial charge in [-0.15, -0.1) is 0 Å². The van der Waals surface area contributed by atoms with Gasteiger partial charge in [-0.25, -0.2) is 4.98 Å². The Morgan fingerprint density at radius 2 is 1.77 bits per heavy atom. The van der Waals surface area contributed by atoms with Gasteiger partial charge in [0.05, 0.1) is 0 Å². The maximum Gasteiger partial charge on any atom is 0.261 e. The number of hydrogen-bond acceptors (Lipinski definition) is 3. The number of aliphatic hydroxyl groups is 1. The minimum atomic E-state index is -1.64.